The zero-order valence-electron chi connectivity index (χ0n) is 27.8. The standard InChI is InChI=1S/C40H44O6/c1-7-17-41-38(24-43-38)45-36-26(3)19-32(20-27(36)4)40(34-15-11-9-13-30(34)23-31-14-10-12-16-35(31)40)33-21-28(5)37(29(6)22-33)46-39(25-44-39)42-18-8-2/h9-16,19-22H,7-8,17-18,23-25H2,1-6H3. The van der Waals surface area contributed by atoms with Crippen molar-refractivity contribution in [1.82, 2.24) is 0 Å². The summed E-state index contributed by atoms with van der Waals surface area (Å²) in [5, 5.41) is 0. The number of aryl methyl sites for hydroxylation is 4. The number of fused-ring (bicyclic) bond motifs is 2. The summed E-state index contributed by atoms with van der Waals surface area (Å²) >= 11 is 0. The maximum Gasteiger partial charge on any atom is 0.352 e. The number of benzene rings is 4. The van der Waals surface area contributed by atoms with Crippen LogP contribution in [0.3, 0.4) is 0 Å². The second-order valence-corrected chi connectivity index (χ2v) is 13.0. The molecule has 2 fully saturated rings. The Morgan fingerprint density at radius 3 is 1.30 bits per heavy atom. The van der Waals surface area contributed by atoms with Gasteiger partial charge in [0, 0.05) is 0 Å². The topological polar surface area (TPSA) is 62.0 Å². The molecular formula is C40H44O6. The normalized spacial score (nSPS) is 22.1. The van der Waals surface area contributed by atoms with Crippen LogP contribution >= 0.6 is 0 Å². The summed E-state index contributed by atoms with van der Waals surface area (Å²) in [7, 11) is 0. The zero-order chi connectivity index (χ0) is 32.1. The summed E-state index contributed by atoms with van der Waals surface area (Å²) in [4.78, 5) is 0. The minimum atomic E-state index is -0.984. The van der Waals surface area contributed by atoms with Crippen LogP contribution < -0.4 is 9.47 Å². The van der Waals surface area contributed by atoms with Crippen LogP contribution in [0.25, 0.3) is 0 Å². The Morgan fingerprint density at radius 1 is 0.587 bits per heavy atom. The van der Waals surface area contributed by atoms with E-state index in [1.165, 1.54) is 33.4 Å². The number of hydrogen-bond donors (Lipinski definition) is 0. The Balaban J connectivity index is 1.41. The smallest absolute Gasteiger partial charge is 0.352 e. The largest absolute Gasteiger partial charge is 0.437 e. The average molecular weight is 621 g/mol. The third-order valence-electron chi connectivity index (χ3n) is 9.34. The van der Waals surface area contributed by atoms with E-state index in [9.17, 15) is 0 Å². The first-order chi connectivity index (χ1) is 22.2. The highest BCUT2D eigenvalue weighted by Crippen LogP contribution is 2.53. The van der Waals surface area contributed by atoms with E-state index in [2.05, 4.69) is 114 Å². The van der Waals surface area contributed by atoms with Crippen molar-refractivity contribution in [2.24, 2.45) is 0 Å². The molecule has 6 nitrogen and oxygen atoms in total. The quantitative estimate of drug-likeness (QED) is 0.104. The molecule has 0 N–H and O–H groups in total. The van der Waals surface area contributed by atoms with Crippen molar-refractivity contribution in [1.29, 1.82) is 0 Å². The molecule has 4 aromatic carbocycles. The van der Waals surface area contributed by atoms with Gasteiger partial charge in [-0.2, -0.15) is 0 Å². The van der Waals surface area contributed by atoms with Gasteiger partial charge < -0.3 is 28.4 Å². The van der Waals surface area contributed by atoms with E-state index in [-0.39, 0.29) is 0 Å². The highest BCUT2D eigenvalue weighted by atomic mass is 16.9. The molecule has 2 heterocycles. The molecule has 0 spiro atoms. The Bertz CT molecular complexity index is 1590. The molecule has 0 aromatic heterocycles. The third kappa shape index (κ3) is 5.31. The summed E-state index contributed by atoms with van der Waals surface area (Å²) in [6.07, 6.45) is 2.68. The lowest BCUT2D eigenvalue weighted by atomic mass is 9.59. The van der Waals surface area contributed by atoms with Crippen LogP contribution in [0.2, 0.25) is 0 Å². The summed E-state index contributed by atoms with van der Waals surface area (Å²) in [6.45, 7) is 14.7. The van der Waals surface area contributed by atoms with E-state index in [4.69, 9.17) is 28.4 Å². The fraction of sp³-hybridized carbons (Fsp3) is 0.400. The van der Waals surface area contributed by atoms with Crippen LogP contribution in [0.15, 0.2) is 72.8 Å². The lowest BCUT2D eigenvalue weighted by Gasteiger charge is -2.43. The van der Waals surface area contributed by atoms with Gasteiger partial charge in [-0.05, 0) is 103 Å². The van der Waals surface area contributed by atoms with E-state index in [1.807, 2.05) is 0 Å². The van der Waals surface area contributed by atoms with E-state index in [1.54, 1.807) is 0 Å². The summed E-state index contributed by atoms with van der Waals surface area (Å²) < 4.78 is 36.1. The van der Waals surface area contributed by atoms with Crippen molar-refractivity contribution in [3.05, 3.63) is 128 Å². The van der Waals surface area contributed by atoms with Crippen molar-refractivity contribution in [3.63, 3.8) is 0 Å². The molecule has 0 radical (unpaired) electrons. The highest BCUT2D eigenvalue weighted by Gasteiger charge is 2.52. The van der Waals surface area contributed by atoms with Gasteiger partial charge >= 0.3 is 11.9 Å². The van der Waals surface area contributed by atoms with Gasteiger partial charge in [0.05, 0.1) is 18.6 Å². The predicted molar refractivity (Wildman–Crippen MR) is 178 cm³/mol. The SMILES string of the molecule is CCCOC1(Oc2c(C)cc(C3(c4cc(C)c(OC5(OCCC)CO5)c(C)c4)c4ccccc4Cc4ccccc43)cc2C)CO1. The Kier molecular flexibility index (Phi) is 7.97. The molecule has 0 saturated carbocycles. The zero-order valence-corrected chi connectivity index (χ0v) is 27.8. The molecule has 46 heavy (non-hydrogen) atoms. The van der Waals surface area contributed by atoms with Crippen molar-refractivity contribution < 1.29 is 28.4 Å². The lowest BCUT2D eigenvalue weighted by Crippen LogP contribution is -2.36. The van der Waals surface area contributed by atoms with Crippen LogP contribution in [0.5, 0.6) is 11.5 Å². The Hall–Kier alpha value is -3.68. The minimum absolute atomic E-state index is 0.432. The molecule has 1 aliphatic carbocycles. The van der Waals surface area contributed by atoms with Crippen LogP contribution in [0.4, 0.5) is 0 Å². The van der Waals surface area contributed by atoms with E-state index in [0.717, 1.165) is 53.0 Å². The van der Waals surface area contributed by atoms with Crippen LogP contribution in [-0.2, 0) is 30.8 Å². The predicted octanol–water partition coefficient (Wildman–Crippen LogP) is 8.19. The molecule has 240 valence electrons. The van der Waals surface area contributed by atoms with Crippen molar-refractivity contribution in [2.75, 3.05) is 26.4 Å². The van der Waals surface area contributed by atoms with Crippen LogP contribution in [0.1, 0.15) is 82.3 Å². The average Bonchev–Trinajstić information content (AvgIpc) is 3.99. The Morgan fingerprint density at radius 2 is 0.957 bits per heavy atom. The number of ether oxygens (including phenoxy) is 6. The molecule has 0 amide bonds. The first-order valence-electron chi connectivity index (χ1n) is 16.6. The van der Waals surface area contributed by atoms with Gasteiger partial charge in [0.25, 0.3) is 0 Å². The molecule has 3 aliphatic rings. The molecule has 2 saturated heterocycles. The molecule has 0 bridgehead atoms. The first-order valence-corrected chi connectivity index (χ1v) is 16.6. The van der Waals surface area contributed by atoms with Gasteiger partial charge in [0.1, 0.15) is 24.7 Å². The number of rotatable bonds is 12. The molecule has 4 aromatic rings. The van der Waals surface area contributed by atoms with Crippen molar-refractivity contribution in [3.8, 4) is 11.5 Å². The van der Waals surface area contributed by atoms with E-state index < -0.39 is 17.4 Å². The van der Waals surface area contributed by atoms with E-state index in [0.29, 0.717) is 26.4 Å². The maximum absolute atomic E-state index is 6.45. The van der Waals surface area contributed by atoms with Crippen LogP contribution in [-0.4, -0.2) is 38.4 Å². The number of epoxide rings is 2. The fourth-order valence-electron chi connectivity index (χ4n) is 7.16. The lowest BCUT2D eigenvalue weighted by molar-refractivity contribution is -0.174. The van der Waals surface area contributed by atoms with Gasteiger partial charge in [-0.15, -0.1) is 0 Å². The molecule has 2 atom stereocenters. The van der Waals surface area contributed by atoms with Gasteiger partial charge in [-0.1, -0.05) is 86.6 Å². The molecular weight excluding hydrogens is 576 g/mol. The summed E-state index contributed by atoms with van der Waals surface area (Å²) in [5.74, 6) is -0.351. The van der Waals surface area contributed by atoms with Gasteiger partial charge in [0.2, 0.25) is 0 Å². The first kappa shape index (κ1) is 30.9. The second kappa shape index (κ2) is 11.8. The summed E-state index contributed by atoms with van der Waals surface area (Å²) in [5.41, 5.74) is 11.2. The minimum Gasteiger partial charge on any atom is -0.437 e. The molecule has 6 heteroatoms. The molecule has 2 unspecified atom stereocenters. The van der Waals surface area contributed by atoms with Crippen LogP contribution in [0, 0.1) is 27.7 Å². The molecule has 2 aliphatic heterocycles. The van der Waals surface area contributed by atoms with Crippen molar-refractivity contribution >= 4 is 0 Å². The fourth-order valence-corrected chi connectivity index (χ4v) is 7.16. The number of hydrogen-bond acceptors (Lipinski definition) is 6. The maximum atomic E-state index is 6.45. The van der Waals surface area contributed by atoms with Gasteiger partial charge in [-0.3, -0.25) is 0 Å². The second-order valence-electron chi connectivity index (χ2n) is 13.0. The van der Waals surface area contributed by atoms with Crippen molar-refractivity contribution in [2.45, 2.75) is 78.2 Å². The Labute approximate surface area is 272 Å². The monoisotopic (exact) mass is 620 g/mol. The molecule has 7 rings (SSSR count). The highest BCUT2D eigenvalue weighted by molar-refractivity contribution is 5.69. The van der Waals surface area contributed by atoms with Gasteiger partial charge in [-0.25, -0.2) is 0 Å². The summed E-state index contributed by atoms with van der Waals surface area (Å²) in [6, 6.07) is 26.9. The van der Waals surface area contributed by atoms with E-state index >= 15 is 0 Å². The van der Waals surface area contributed by atoms with Gasteiger partial charge in [0.15, 0.2) is 0 Å². The third-order valence-corrected chi connectivity index (χ3v) is 9.34.